The Balaban J connectivity index is 3.36. The number of aliphatic hydroxyl groups is 2. The van der Waals surface area contributed by atoms with E-state index in [1.807, 2.05) is 0 Å². The van der Waals surface area contributed by atoms with Crippen molar-refractivity contribution in [2.75, 3.05) is 0 Å². The topological polar surface area (TPSA) is 64.2 Å². The van der Waals surface area contributed by atoms with Crippen molar-refractivity contribution in [2.45, 2.75) is 109 Å². The van der Waals surface area contributed by atoms with Gasteiger partial charge in [-0.25, -0.2) is 0 Å². The van der Waals surface area contributed by atoms with Crippen LogP contribution in [0.25, 0.3) is 0 Å². The molecule has 0 aliphatic heterocycles. The molecule has 0 rings (SSSR count). The lowest BCUT2D eigenvalue weighted by atomic mass is 9.99. The quantitative estimate of drug-likeness (QED) is 0.328. The van der Waals surface area contributed by atoms with Crippen molar-refractivity contribution >= 4 is 0 Å². The molecule has 0 unspecified atom stereocenters. The Morgan fingerprint density at radius 3 is 1.62 bits per heavy atom. The van der Waals surface area contributed by atoms with Gasteiger partial charge in [-0.2, -0.15) is 5.26 Å². The third-order valence-electron chi connectivity index (χ3n) is 4.05. The molecule has 0 bridgehead atoms. The first kappa shape index (κ1) is 20.4. The van der Waals surface area contributed by atoms with E-state index in [1.54, 1.807) is 0 Å². The Morgan fingerprint density at radius 1 is 0.714 bits per heavy atom. The molecule has 0 aromatic heterocycles. The molecule has 2 N–H and O–H groups in total. The maximum atomic E-state index is 9.91. The summed E-state index contributed by atoms with van der Waals surface area (Å²) in [7, 11) is 0. The minimum absolute atomic E-state index is 0.500. The number of hydrogen-bond acceptors (Lipinski definition) is 3. The van der Waals surface area contributed by atoms with Crippen molar-refractivity contribution in [1.82, 2.24) is 0 Å². The van der Waals surface area contributed by atoms with Gasteiger partial charge in [0.1, 0.15) is 0 Å². The van der Waals surface area contributed by atoms with Crippen molar-refractivity contribution < 1.29 is 10.2 Å². The van der Waals surface area contributed by atoms with Gasteiger partial charge in [-0.1, -0.05) is 64.7 Å². The van der Waals surface area contributed by atoms with Crippen LogP contribution in [-0.4, -0.2) is 16.0 Å². The summed E-state index contributed by atoms with van der Waals surface area (Å²) in [6.07, 6.45) is 15.1. The predicted molar refractivity (Wildman–Crippen MR) is 87.7 cm³/mol. The Bertz CT molecular complexity index is 258. The summed E-state index contributed by atoms with van der Waals surface area (Å²) < 4.78 is 0. The van der Waals surface area contributed by atoms with Gasteiger partial charge >= 0.3 is 0 Å². The highest BCUT2D eigenvalue weighted by Gasteiger charge is 2.21. The van der Waals surface area contributed by atoms with Crippen LogP contribution in [0, 0.1) is 11.3 Å². The van der Waals surface area contributed by atoms with E-state index in [2.05, 4.69) is 13.0 Å². The number of hydrogen-bond donors (Lipinski definition) is 2. The highest BCUT2D eigenvalue weighted by molar-refractivity contribution is 4.68. The van der Waals surface area contributed by atoms with Crippen LogP contribution in [0.1, 0.15) is 103 Å². The molecule has 0 aliphatic rings. The van der Waals surface area contributed by atoms with Gasteiger partial charge in [0.25, 0.3) is 0 Å². The summed E-state index contributed by atoms with van der Waals surface area (Å²) in [6.45, 7) is 2.20. The van der Waals surface area contributed by atoms with Crippen LogP contribution in [0.5, 0.6) is 0 Å². The van der Waals surface area contributed by atoms with Crippen LogP contribution < -0.4 is 0 Å². The summed E-state index contributed by atoms with van der Waals surface area (Å²) in [4.78, 5) is 0. The van der Waals surface area contributed by atoms with Crippen molar-refractivity contribution in [1.29, 1.82) is 5.26 Å². The first-order chi connectivity index (χ1) is 10.1. The third kappa shape index (κ3) is 15.6. The number of nitrogens with zero attached hydrogens (tertiary/aromatic N) is 1. The van der Waals surface area contributed by atoms with Gasteiger partial charge in [0.2, 0.25) is 0 Å². The zero-order chi connectivity index (χ0) is 15.8. The minimum Gasteiger partial charge on any atom is -0.366 e. The van der Waals surface area contributed by atoms with Crippen LogP contribution in [0.4, 0.5) is 0 Å². The Kier molecular flexibility index (Phi) is 13.9. The van der Waals surface area contributed by atoms with Crippen LogP contribution in [-0.2, 0) is 0 Å². The highest BCUT2D eigenvalue weighted by atomic mass is 16.5. The van der Waals surface area contributed by atoms with Crippen LogP contribution >= 0.6 is 0 Å². The Hall–Kier alpha value is -0.590. The molecule has 3 heteroatoms. The zero-order valence-electron chi connectivity index (χ0n) is 13.9. The Morgan fingerprint density at radius 2 is 1.14 bits per heavy atom. The van der Waals surface area contributed by atoms with Gasteiger partial charge in [-0.3, -0.25) is 0 Å². The van der Waals surface area contributed by atoms with Crippen molar-refractivity contribution in [3.05, 3.63) is 0 Å². The van der Waals surface area contributed by atoms with Crippen molar-refractivity contribution in [3.63, 3.8) is 0 Å². The fourth-order valence-electron chi connectivity index (χ4n) is 2.63. The molecule has 124 valence electrons. The molecule has 0 saturated heterocycles. The molecule has 0 aromatic rings. The maximum Gasteiger partial charge on any atom is 0.162 e. The van der Waals surface area contributed by atoms with E-state index in [-0.39, 0.29) is 0 Å². The fourth-order valence-corrected chi connectivity index (χ4v) is 2.63. The van der Waals surface area contributed by atoms with Crippen molar-refractivity contribution in [2.24, 2.45) is 0 Å². The van der Waals surface area contributed by atoms with E-state index in [9.17, 15) is 10.2 Å². The lowest BCUT2D eigenvalue weighted by Gasteiger charge is -2.21. The SMILES string of the molecule is CCCCCCCCC(O)(O)CCCCCCCCC#N. The Labute approximate surface area is 131 Å². The van der Waals surface area contributed by atoms with E-state index < -0.39 is 5.79 Å². The van der Waals surface area contributed by atoms with Crippen LogP contribution in [0.3, 0.4) is 0 Å². The lowest BCUT2D eigenvalue weighted by Crippen LogP contribution is -2.27. The van der Waals surface area contributed by atoms with Crippen LogP contribution in [0.2, 0.25) is 0 Å². The fraction of sp³-hybridized carbons (Fsp3) is 0.944. The summed E-state index contributed by atoms with van der Waals surface area (Å²) in [5, 5.41) is 28.2. The van der Waals surface area contributed by atoms with E-state index >= 15 is 0 Å². The molecule has 0 aromatic carbocycles. The third-order valence-corrected chi connectivity index (χ3v) is 4.05. The molecule has 0 atom stereocenters. The first-order valence-corrected chi connectivity index (χ1v) is 8.94. The van der Waals surface area contributed by atoms with E-state index in [4.69, 9.17) is 5.26 Å². The predicted octanol–water partition coefficient (Wildman–Crippen LogP) is 5.06. The largest absolute Gasteiger partial charge is 0.366 e. The van der Waals surface area contributed by atoms with Gasteiger partial charge in [0.05, 0.1) is 6.07 Å². The zero-order valence-corrected chi connectivity index (χ0v) is 13.9. The summed E-state index contributed by atoms with van der Waals surface area (Å²) in [5.74, 6) is -1.45. The van der Waals surface area contributed by atoms with E-state index in [1.165, 1.54) is 25.7 Å². The molecule has 0 saturated carbocycles. The summed E-state index contributed by atoms with van der Waals surface area (Å²) in [5.41, 5.74) is 0. The first-order valence-electron chi connectivity index (χ1n) is 8.94. The smallest absolute Gasteiger partial charge is 0.162 e. The molecular formula is C18H35NO2. The summed E-state index contributed by atoms with van der Waals surface area (Å²) >= 11 is 0. The van der Waals surface area contributed by atoms with E-state index in [0.29, 0.717) is 19.3 Å². The van der Waals surface area contributed by atoms with Gasteiger partial charge in [-0.15, -0.1) is 0 Å². The molecule has 0 aliphatic carbocycles. The average Bonchev–Trinajstić information content (AvgIpc) is 2.45. The summed E-state index contributed by atoms with van der Waals surface area (Å²) in [6, 6.07) is 2.16. The molecule has 0 spiro atoms. The standard InChI is InChI=1S/C18H35NO2/c1-2-3-4-5-9-12-15-18(20,21)16-13-10-7-6-8-11-14-17-19/h20-21H,2-16H2,1H3. The van der Waals surface area contributed by atoms with Gasteiger partial charge < -0.3 is 10.2 Å². The molecule has 0 radical (unpaired) electrons. The molecule has 0 fully saturated rings. The van der Waals surface area contributed by atoms with Gasteiger partial charge in [0.15, 0.2) is 5.79 Å². The van der Waals surface area contributed by atoms with Gasteiger partial charge in [-0.05, 0) is 19.3 Å². The normalized spacial score (nSPS) is 11.5. The van der Waals surface area contributed by atoms with Gasteiger partial charge in [0, 0.05) is 19.3 Å². The maximum absolute atomic E-state index is 9.91. The molecule has 0 amide bonds. The second kappa shape index (κ2) is 14.4. The van der Waals surface area contributed by atoms with Crippen molar-refractivity contribution in [3.8, 4) is 6.07 Å². The minimum atomic E-state index is -1.45. The molecule has 3 nitrogen and oxygen atoms in total. The van der Waals surface area contributed by atoms with E-state index in [0.717, 1.165) is 51.4 Å². The molecule has 0 heterocycles. The second-order valence-electron chi connectivity index (χ2n) is 6.28. The molecular weight excluding hydrogens is 262 g/mol. The monoisotopic (exact) mass is 297 g/mol. The number of nitriles is 1. The lowest BCUT2D eigenvalue weighted by molar-refractivity contribution is -0.172. The average molecular weight is 297 g/mol. The van der Waals surface area contributed by atoms with Crippen LogP contribution in [0.15, 0.2) is 0 Å². The second-order valence-corrected chi connectivity index (χ2v) is 6.28. The molecule has 21 heavy (non-hydrogen) atoms. The number of rotatable bonds is 15. The number of unbranched alkanes of at least 4 members (excludes halogenated alkanes) is 11. The highest BCUT2D eigenvalue weighted by Crippen LogP contribution is 2.20.